The zero-order valence-corrected chi connectivity index (χ0v) is 12.6. The van der Waals surface area contributed by atoms with Gasteiger partial charge in [0.15, 0.2) is 0 Å². The van der Waals surface area contributed by atoms with Crippen LogP contribution in [-0.2, 0) is 18.1 Å². The van der Waals surface area contributed by atoms with Gasteiger partial charge < -0.3 is 0 Å². The molecule has 18 heavy (non-hydrogen) atoms. The van der Waals surface area contributed by atoms with Crippen molar-refractivity contribution < 1.29 is 0 Å². The number of hydrogen-bond donors (Lipinski definition) is 0. The van der Waals surface area contributed by atoms with Crippen molar-refractivity contribution in [2.24, 2.45) is 0 Å². The van der Waals surface area contributed by atoms with Crippen LogP contribution < -0.4 is 0 Å². The van der Waals surface area contributed by atoms with Gasteiger partial charge in [0.25, 0.3) is 0 Å². The molecule has 1 aromatic heterocycles. The number of rotatable bonds is 5. The van der Waals surface area contributed by atoms with Gasteiger partial charge in [-0.05, 0) is 19.3 Å². The maximum Gasteiger partial charge on any atom is 0.138 e. The minimum Gasteiger partial charge on any atom is -0.240 e. The Balaban J connectivity index is 1.92. The first kappa shape index (κ1) is 14.1. The number of thioether (sulfide) groups is 1. The highest BCUT2D eigenvalue weighted by molar-refractivity contribution is 7.99. The average Bonchev–Trinajstić information content (AvgIpc) is 2.45. The van der Waals surface area contributed by atoms with E-state index in [9.17, 15) is 0 Å². The molecule has 0 atom stereocenters. The summed E-state index contributed by atoms with van der Waals surface area (Å²) in [6.45, 7) is 2.12. The van der Waals surface area contributed by atoms with Crippen LogP contribution in [0.1, 0.15) is 56.1 Å². The Morgan fingerprint density at radius 1 is 1.33 bits per heavy atom. The van der Waals surface area contributed by atoms with E-state index in [0.29, 0.717) is 5.88 Å². The van der Waals surface area contributed by atoms with Gasteiger partial charge in [-0.15, -0.1) is 11.6 Å². The van der Waals surface area contributed by atoms with Gasteiger partial charge in [0, 0.05) is 22.7 Å². The van der Waals surface area contributed by atoms with Gasteiger partial charge in [-0.3, -0.25) is 0 Å². The van der Waals surface area contributed by atoms with Crippen LogP contribution in [0, 0.1) is 0 Å². The monoisotopic (exact) mass is 284 g/mol. The molecule has 0 saturated heterocycles. The molecule has 1 fully saturated rings. The lowest BCUT2D eigenvalue weighted by molar-refractivity contribution is 0.516. The highest BCUT2D eigenvalue weighted by atomic mass is 35.5. The van der Waals surface area contributed by atoms with E-state index in [4.69, 9.17) is 11.6 Å². The number of nitrogens with zero attached hydrogens (tertiary/aromatic N) is 2. The standard InChI is InChI=1S/C14H21ClN2S/c1-2-13-11(8-15)9-16-14(17-13)10-18-12-6-4-3-5-7-12/h9,12H,2-8,10H2,1H3. The Hall–Kier alpha value is -0.280. The summed E-state index contributed by atoms with van der Waals surface area (Å²) in [5, 5.41) is 0.820. The highest BCUT2D eigenvalue weighted by Gasteiger charge is 2.14. The molecule has 100 valence electrons. The molecule has 1 aliphatic carbocycles. The molecule has 1 aromatic rings. The van der Waals surface area contributed by atoms with Crippen LogP contribution in [0.4, 0.5) is 0 Å². The van der Waals surface area contributed by atoms with Crippen molar-refractivity contribution >= 4 is 23.4 Å². The minimum absolute atomic E-state index is 0.513. The lowest BCUT2D eigenvalue weighted by Gasteiger charge is -2.20. The summed E-state index contributed by atoms with van der Waals surface area (Å²) < 4.78 is 0. The van der Waals surface area contributed by atoms with Crippen LogP contribution in [0.25, 0.3) is 0 Å². The first-order valence-corrected chi connectivity index (χ1v) is 8.43. The van der Waals surface area contributed by atoms with Gasteiger partial charge in [0.2, 0.25) is 0 Å². The van der Waals surface area contributed by atoms with Crippen molar-refractivity contribution in [1.29, 1.82) is 0 Å². The molecule has 0 unspecified atom stereocenters. The fourth-order valence-electron chi connectivity index (χ4n) is 2.39. The van der Waals surface area contributed by atoms with E-state index in [0.717, 1.165) is 34.5 Å². The Morgan fingerprint density at radius 3 is 2.78 bits per heavy atom. The summed E-state index contributed by atoms with van der Waals surface area (Å²) >= 11 is 7.90. The van der Waals surface area contributed by atoms with Crippen molar-refractivity contribution in [2.75, 3.05) is 0 Å². The predicted molar refractivity (Wildman–Crippen MR) is 79.1 cm³/mol. The molecule has 1 aliphatic rings. The van der Waals surface area contributed by atoms with Gasteiger partial charge in [-0.25, -0.2) is 9.97 Å². The lowest BCUT2D eigenvalue weighted by atomic mass is 10.0. The van der Waals surface area contributed by atoms with Crippen molar-refractivity contribution in [3.05, 3.63) is 23.3 Å². The maximum absolute atomic E-state index is 5.88. The largest absolute Gasteiger partial charge is 0.240 e. The molecule has 0 bridgehead atoms. The van der Waals surface area contributed by atoms with Crippen LogP contribution in [0.15, 0.2) is 6.20 Å². The molecular weight excluding hydrogens is 264 g/mol. The smallest absolute Gasteiger partial charge is 0.138 e. The minimum atomic E-state index is 0.513. The van der Waals surface area contributed by atoms with Gasteiger partial charge in [-0.1, -0.05) is 26.2 Å². The zero-order chi connectivity index (χ0) is 12.8. The van der Waals surface area contributed by atoms with Crippen LogP contribution in [0.2, 0.25) is 0 Å². The summed E-state index contributed by atoms with van der Waals surface area (Å²) in [7, 11) is 0. The quantitative estimate of drug-likeness (QED) is 0.752. The second-order valence-electron chi connectivity index (χ2n) is 4.82. The van der Waals surface area contributed by atoms with Crippen molar-refractivity contribution in [3.63, 3.8) is 0 Å². The molecule has 0 spiro atoms. The fourth-order valence-corrected chi connectivity index (χ4v) is 3.81. The molecule has 0 amide bonds. The van der Waals surface area contributed by atoms with Crippen LogP contribution >= 0.6 is 23.4 Å². The summed E-state index contributed by atoms with van der Waals surface area (Å²) in [5.74, 6) is 2.43. The van der Waals surface area contributed by atoms with Gasteiger partial charge in [-0.2, -0.15) is 11.8 Å². The second kappa shape index (κ2) is 7.34. The van der Waals surface area contributed by atoms with E-state index >= 15 is 0 Å². The third-order valence-electron chi connectivity index (χ3n) is 3.48. The predicted octanol–water partition coefficient (Wildman–Crippen LogP) is 4.34. The molecule has 4 heteroatoms. The van der Waals surface area contributed by atoms with E-state index in [2.05, 4.69) is 16.9 Å². The number of hydrogen-bond acceptors (Lipinski definition) is 3. The molecule has 0 N–H and O–H groups in total. The average molecular weight is 285 g/mol. The fraction of sp³-hybridized carbons (Fsp3) is 0.714. The number of aromatic nitrogens is 2. The second-order valence-corrected chi connectivity index (χ2v) is 6.37. The normalized spacial score (nSPS) is 17.0. The summed E-state index contributed by atoms with van der Waals surface area (Å²) in [5.41, 5.74) is 2.19. The first-order chi connectivity index (χ1) is 8.83. The number of alkyl halides is 1. The highest BCUT2D eigenvalue weighted by Crippen LogP contribution is 2.29. The Labute approximate surface area is 119 Å². The third-order valence-corrected chi connectivity index (χ3v) is 5.14. The molecule has 2 nitrogen and oxygen atoms in total. The molecule has 2 rings (SSSR count). The first-order valence-electron chi connectivity index (χ1n) is 6.84. The van der Waals surface area contributed by atoms with Crippen LogP contribution in [-0.4, -0.2) is 15.2 Å². The van der Waals surface area contributed by atoms with Gasteiger partial charge >= 0.3 is 0 Å². The molecule has 0 radical (unpaired) electrons. The summed E-state index contributed by atoms with van der Waals surface area (Å²) in [4.78, 5) is 9.06. The number of aryl methyl sites for hydroxylation is 1. The molecule has 1 saturated carbocycles. The van der Waals surface area contributed by atoms with Crippen molar-refractivity contribution in [1.82, 2.24) is 9.97 Å². The Bertz CT molecular complexity index is 378. The van der Waals surface area contributed by atoms with Crippen molar-refractivity contribution in [3.8, 4) is 0 Å². The number of halogens is 1. The van der Waals surface area contributed by atoms with Crippen molar-refractivity contribution in [2.45, 2.75) is 62.3 Å². The van der Waals surface area contributed by atoms with E-state index < -0.39 is 0 Å². The molecule has 0 aromatic carbocycles. The van der Waals surface area contributed by atoms with Gasteiger partial charge in [0.1, 0.15) is 5.82 Å². The SMILES string of the molecule is CCc1nc(CSC2CCCCC2)ncc1CCl. The van der Waals surface area contributed by atoms with Crippen LogP contribution in [0.5, 0.6) is 0 Å². The van der Waals surface area contributed by atoms with Gasteiger partial charge in [0.05, 0.1) is 11.6 Å². The van der Waals surface area contributed by atoms with E-state index in [1.165, 1.54) is 32.1 Å². The molecular formula is C14H21ClN2S. The Kier molecular flexibility index (Phi) is 5.77. The lowest BCUT2D eigenvalue weighted by Crippen LogP contribution is -2.09. The third kappa shape index (κ3) is 3.86. The zero-order valence-electron chi connectivity index (χ0n) is 11.0. The van der Waals surface area contributed by atoms with Crippen LogP contribution in [0.3, 0.4) is 0 Å². The molecule has 1 heterocycles. The molecule has 0 aliphatic heterocycles. The maximum atomic E-state index is 5.88. The topological polar surface area (TPSA) is 25.8 Å². The van der Waals surface area contributed by atoms with E-state index in [1.54, 1.807) is 0 Å². The van der Waals surface area contributed by atoms with E-state index in [-0.39, 0.29) is 0 Å². The summed E-state index contributed by atoms with van der Waals surface area (Å²) in [6, 6.07) is 0. The Morgan fingerprint density at radius 2 is 2.11 bits per heavy atom. The van der Waals surface area contributed by atoms with E-state index in [1.807, 2.05) is 18.0 Å². The summed E-state index contributed by atoms with van der Waals surface area (Å²) in [6.07, 6.45) is 9.77.